The van der Waals surface area contributed by atoms with Crippen LogP contribution in [0.1, 0.15) is 161 Å². The molecular formula is C40H82N12O5. The third kappa shape index (κ3) is 31.0. The molecule has 3 amide bonds. The largest absolute Gasteiger partial charge is 0.480 e. The number of carboxylic acid groups (broad SMARTS) is 1. The average molecular weight is 811 g/mol. The Morgan fingerprint density at radius 1 is 0.474 bits per heavy atom. The first-order valence-electron chi connectivity index (χ1n) is 21.8. The molecule has 57 heavy (non-hydrogen) atoms. The van der Waals surface area contributed by atoms with Gasteiger partial charge in [-0.1, -0.05) is 96.8 Å². The van der Waals surface area contributed by atoms with Crippen molar-refractivity contribution >= 4 is 35.6 Å². The zero-order valence-electron chi connectivity index (χ0n) is 35.3. The summed E-state index contributed by atoms with van der Waals surface area (Å²) < 4.78 is 0. The van der Waals surface area contributed by atoms with Crippen molar-refractivity contribution < 1.29 is 24.3 Å². The summed E-state index contributed by atoms with van der Waals surface area (Å²) in [6.45, 7) is 4.24. The lowest BCUT2D eigenvalue weighted by Gasteiger charge is -2.26. The second-order valence-electron chi connectivity index (χ2n) is 15.1. The van der Waals surface area contributed by atoms with E-state index in [4.69, 9.17) is 34.4 Å². The molecule has 0 heterocycles. The van der Waals surface area contributed by atoms with Gasteiger partial charge in [0.2, 0.25) is 17.7 Å². The van der Waals surface area contributed by atoms with Gasteiger partial charge >= 0.3 is 5.97 Å². The molecule has 0 unspecified atom stereocenters. The van der Waals surface area contributed by atoms with Crippen molar-refractivity contribution in [3.05, 3.63) is 0 Å². The number of guanidine groups is 2. The van der Waals surface area contributed by atoms with Crippen LogP contribution in [0.15, 0.2) is 9.98 Å². The summed E-state index contributed by atoms with van der Waals surface area (Å²) in [5, 5.41) is 21.4. The molecule has 0 aromatic rings. The number of nitrogens with two attached hydrogens (primary N) is 6. The highest BCUT2D eigenvalue weighted by atomic mass is 16.4. The Morgan fingerprint density at radius 2 is 0.825 bits per heavy atom. The van der Waals surface area contributed by atoms with Crippen molar-refractivity contribution in [3.8, 4) is 0 Å². The fraction of sp³-hybridized carbons (Fsp3) is 0.850. The highest BCUT2D eigenvalue weighted by Gasteiger charge is 2.30. The lowest BCUT2D eigenvalue weighted by Crippen LogP contribution is -2.57. The van der Waals surface area contributed by atoms with E-state index in [0.717, 1.165) is 32.1 Å². The quantitative estimate of drug-likeness (QED) is 0.0242. The van der Waals surface area contributed by atoms with Gasteiger partial charge < -0.3 is 60.8 Å². The van der Waals surface area contributed by atoms with E-state index in [9.17, 15) is 24.3 Å². The molecular weight excluding hydrogens is 729 g/mol. The first kappa shape index (κ1) is 53.3. The molecule has 0 radical (unpaired) electrons. The average Bonchev–Trinajstić information content (AvgIpc) is 3.17. The van der Waals surface area contributed by atoms with Gasteiger partial charge in [-0.3, -0.25) is 24.4 Å². The summed E-state index contributed by atoms with van der Waals surface area (Å²) in [5.41, 5.74) is 33.1. The van der Waals surface area contributed by atoms with Gasteiger partial charge in [0.25, 0.3) is 0 Å². The van der Waals surface area contributed by atoms with Crippen molar-refractivity contribution in [2.75, 3.05) is 32.7 Å². The summed E-state index contributed by atoms with van der Waals surface area (Å²) in [5.74, 6) is -2.99. The van der Waals surface area contributed by atoms with Crippen molar-refractivity contribution in [3.63, 3.8) is 0 Å². The summed E-state index contributed by atoms with van der Waals surface area (Å²) in [6.07, 6.45) is 22.0. The van der Waals surface area contributed by atoms with Crippen LogP contribution in [0.4, 0.5) is 0 Å². The molecule has 0 fully saturated rings. The lowest BCUT2D eigenvalue weighted by molar-refractivity contribution is -0.142. The van der Waals surface area contributed by atoms with Gasteiger partial charge in [0.05, 0.1) is 6.04 Å². The van der Waals surface area contributed by atoms with Gasteiger partial charge in [-0.05, 0) is 83.8 Å². The number of hydrogen-bond acceptors (Lipinski definition) is 9. The maximum absolute atomic E-state index is 13.8. The number of amides is 3. The van der Waals surface area contributed by atoms with Crippen molar-refractivity contribution in [2.45, 2.75) is 185 Å². The zero-order valence-corrected chi connectivity index (χ0v) is 35.3. The summed E-state index contributed by atoms with van der Waals surface area (Å²) in [4.78, 5) is 60.9. The molecule has 0 saturated heterocycles. The molecule has 0 rings (SSSR count). The Morgan fingerprint density at radius 3 is 1.23 bits per heavy atom. The highest BCUT2D eigenvalue weighted by molar-refractivity contribution is 5.94. The van der Waals surface area contributed by atoms with Crippen LogP contribution in [-0.2, 0) is 19.2 Å². The highest BCUT2D eigenvalue weighted by Crippen LogP contribution is 2.13. The van der Waals surface area contributed by atoms with Crippen molar-refractivity contribution in [1.29, 1.82) is 0 Å². The van der Waals surface area contributed by atoms with Crippen LogP contribution in [0.3, 0.4) is 0 Å². The Kier molecular flexibility index (Phi) is 34.3. The van der Waals surface area contributed by atoms with Crippen LogP contribution in [0, 0.1) is 0 Å². The van der Waals surface area contributed by atoms with E-state index in [0.29, 0.717) is 51.7 Å². The standard InChI is InChI=1S/C40H82N12O5/c1-2-3-4-5-6-7-8-9-10-11-12-13-14-19-28-47-31(22-15-17-26-41)35(53)50-33(24-20-29-48-39(43)44)36(54)51-32(23-16-18-27-42)37(55)52-34(38(56)57)25-21-30-49-40(45)46/h31-34,47H,2-30,41-42H2,1H3,(H,50,53)(H,51,54)(H,52,55)(H,56,57)(H4,43,44,48)(H4,45,46,49)/t31-,32-,33-,34-/m0/s1. The number of unbranched alkanes of at least 4 members (excludes halogenated alkanes) is 15. The fourth-order valence-corrected chi connectivity index (χ4v) is 6.53. The SMILES string of the molecule is CCCCCCCCCCCCCCCCN[C@@H](CCCCN)C(=O)N[C@@H](CCCN=C(N)N)C(=O)N[C@@H](CCCCN)C(=O)N[C@@H](CCCN=C(N)N)C(=O)O. The normalized spacial score (nSPS) is 13.2. The summed E-state index contributed by atoms with van der Waals surface area (Å²) >= 11 is 0. The van der Waals surface area contributed by atoms with Crippen LogP contribution in [0.2, 0.25) is 0 Å². The van der Waals surface area contributed by atoms with Gasteiger partial charge in [0.15, 0.2) is 11.9 Å². The van der Waals surface area contributed by atoms with E-state index in [1.165, 1.54) is 70.6 Å². The van der Waals surface area contributed by atoms with Crippen LogP contribution < -0.4 is 55.7 Å². The molecule has 0 spiro atoms. The number of aliphatic imine (C=N–C) groups is 2. The number of hydrogen-bond donors (Lipinski definition) is 11. The Balaban J connectivity index is 5.45. The van der Waals surface area contributed by atoms with E-state index < -0.39 is 42.0 Å². The van der Waals surface area contributed by atoms with Crippen LogP contribution >= 0.6 is 0 Å². The van der Waals surface area contributed by atoms with Crippen LogP contribution in [-0.4, -0.2) is 97.6 Å². The molecule has 17 nitrogen and oxygen atoms in total. The molecule has 0 aliphatic rings. The molecule has 332 valence electrons. The smallest absolute Gasteiger partial charge is 0.326 e. The number of nitrogens with one attached hydrogen (secondary N) is 4. The first-order valence-corrected chi connectivity index (χ1v) is 21.8. The maximum atomic E-state index is 13.8. The molecule has 0 saturated carbocycles. The monoisotopic (exact) mass is 811 g/mol. The molecule has 17 heteroatoms. The molecule has 0 bridgehead atoms. The van der Waals surface area contributed by atoms with Crippen molar-refractivity contribution in [1.82, 2.24) is 21.3 Å². The van der Waals surface area contributed by atoms with Gasteiger partial charge in [0, 0.05) is 13.1 Å². The number of aliphatic carboxylic acids is 1. The minimum atomic E-state index is -1.23. The van der Waals surface area contributed by atoms with E-state index in [2.05, 4.69) is 38.2 Å². The van der Waals surface area contributed by atoms with Crippen molar-refractivity contribution in [2.24, 2.45) is 44.4 Å². The Bertz CT molecular complexity index is 1120. The number of carbonyl (C=O) groups is 4. The zero-order chi connectivity index (χ0) is 42.5. The third-order valence-electron chi connectivity index (χ3n) is 9.90. The molecule has 0 aromatic carbocycles. The van der Waals surface area contributed by atoms with E-state index in [-0.39, 0.29) is 50.2 Å². The number of rotatable bonds is 39. The summed E-state index contributed by atoms with van der Waals surface area (Å²) in [6, 6.07) is -3.84. The van der Waals surface area contributed by atoms with E-state index >= 15 is 0 Å². The Hall–Kier alpha value is -3.70. The van der Waals surface area contributed by atoms with Gasteiger partial charge in [-0.15, -0.1) is 0 Å². The minimum absolute atomic E-state index is 0.0721. The molecule has 17 N–H and O–H groups in total. The van der Waals surface area contributed by atoms with Gasteiger partial charge in [-0.2, -0.15) is 0 Å². The second-order valence-corrected chi connectivity index (χ2v) is 15.1. The van der Waals surface area contributed by atoms with Gasteiger partial charge in [-0.25, -0.2) is 4.79 Å². The summed E-state index contributed by atoms with van der Waals surface area (Å²) in [7, 11) is 0. The third-order valence-corrected chi connectivity index (χ3v) is 9.90. The molecule has 0 aliphatic heterocycles. The van der Waals surface area contributed by atoms with Gasteiger partial charge in [0.1, 0.15) is 18.1 Å². The number of carbonyl (C=O) groups excluding carboxylic acids is 3. The predicted molar refractivity (Wildman–Crippen MR) is 231 cm³/mol. The fourth-order valence-electron chi connectivity index (χ4n) is 6.53. The van der Waals surface area contributed by atoms with E-state index in [1.54, 1.807) is 0 Å². The molecule has 0 aliphatic carbocycles. The lowest BCUT2D eigenvalue weighted by atomic mass is 10.0. The number of nitrogens with zero attached hydrogens (tertiary/aromatic N) is 2. The second kappa shape index (κ2) is 36.6. The predicted octanol–water partition coefficient (Wildman–Crippen LogP) is 2.33. The minimum Gasteiger partial charge on any atom is -0.480 e. The topological polar surface area (TPSA) is 317 Å². The Labute approximate surface area is 342 Å². The first-order chi connectivity index (χ1) is 27.5. The van der Waals surface area contributed by atoms with Crippen LogP contribution in [0.25, 0.3) is 0 Å². The molecule has 4 atom stereocenters. The van der Waals surface area contributed by atoms with Crippen LogP contribution in [0.5, 0.6) is 0 Å². The maximum Gasteiger partial charge on any atom is 0.326 e. The number of carboxylic acids is 1. The molecule has 0 aromatic heterocycles. The van der Waals surface area contributed by atoms with E-state index in [1.807, 2.05) is 0 Å².